The fraction of sp³-hybridized carbons (Fsp3) is 0.133. The van der Waals surface area contributed by atoms with Crippen molar-refractivity contribution in [3.8, 4) is 5.75 Å². The third-order valence-corrected chi connectivity index (χ3v) is 5.53. The van der Waals surface area contributed by atoms with Crippen molar-refractivity contribution < 1.29 is 17.9 Å². The third kappa shape index (κ3) is 4.01. The zero-order valence-electron chi connectivity index (χ0n) is 12.5. The largest absolute Gasteiger partial charge is 0.495 e. The molecule has 0 heterocycles. The number of methoxy groups -OCH3 is 1. The number of sulfonamides is 1. The average molecular weight is 446 g/mol. The quantitative estimate of drug-likeness (QED) is 0.706. The van der Waals surface area contributed by atoms with Crippen LogP contribution in [0.2, 0.25) is 0 Å². The summed E-state index contributed by atoms with van der Waals surface area (Å²) in [6.45, 7) is 1.90. The van der Waals surface area contributed by atoms with Crippen molar-refractivity contribution in [2.24, 2.45) is 5.14 Å². The number of nitrogens with one attached hydrogen (secondary N) is 1. The highest BCUT2D eigenvalue weighted by molar-refractivity contribution is 14.1. The number of anilines is 1. The number of amides is 1. The summed E-state index contributed by atoms with van der Waals surface area (Å²) < 4.78 is 28.9. The molecule has 0 aliphatic heterocycles. The van der Waals surface area contributed by atoms with Crippen molar-refractivity contribution in [1.29, 1.82) is 0 Å². The monoisotopic (exact) mass is 446 g/mol. The molecule has 0 saturated carbocycles. The topological polar surface area (TPSA) is 98.5 Å². The van der Waals surface area contributed by atoms with Gasteiger partial charge in [-0.25, -0.2) is 13.6 Å². The lowest BCUT2D eigenvalue weighted by Gasteiger charge is -2.13. The van der Waals surface area contributed by atoms with Crippen molar-refractivity contribution in [3.63, 3.8) is 0 Å². The van der Waals surface area contributed by atoms with Gasteiger partial charge in [-0.1, -0.05) is 12.1 Å². The second kappa shape index (κ2) is 6.85. The summed E-state index contributed by atoms with van der Waals surface area (Å²) in [6.07, 6.45) is 0. The van der Waals surface area contributed by atoms with E-state index in [1.165, 1.54) is 25.3 Å². The average Bonchev–Trinajstić information content (AvgIpc) is 2.49. The van der Waals surface area contributed by atoms with Crippen molar-refractivity contribution in [2.75, 3.05) is 12.4 Å². The van der Waals surface area contributed by atoms with E-state index in [1.54, 1.807) is 12.1 Å². The van der Waals surface area contributed by atoms with E-state index in [-0.39, 0.29) is 16.5 Å². The predicted molar refractivity (Wildman–Crippen MR) is 96.2 cm³/mol. The van der Waals surface area contributed by atoms with Gasteiger partial charge in [0.05, 0.1) is 23.3 Å². The second-order valence-corrected chi connectivity index (χ2v) is 7.44. The molecule has 2 aromatic rings. The lowest BCUT2D eigenvalue weighted by molar-refractivity contribution is 0.102. The maximum Gasteiger partial charge on any atom is 0.256 e. The first kappa shape index (κ1) is 17.7. The summed E-state index contributed by atoms with van der Waals surface area (Å²) in [5.74, 6) is -0.0172. The van der Waals surface area contributed by atoms with Crippen LogP contribution in [-0.2, 0) is 10.0 Å². The molecule has 23 heavy (non-hydrogen) atoms. The Bertz CT molecular complexity index is 866. The number of rotatable bonds is 4. The van der Waals surface area contributed by atoms with Gasteiger partial charge in [-0.15, -0.1) is 0 Å². The van der Waals surface area contributed by atoms with E-state index in [2.05, 4.69) is 27.9 Å². The van der Waals surface area contributed by atoms with Crippen molar-refractivity contribution in [3.05, 3.63) is 51.1 Å². The Morgan fingerprint density at radius 1 is 1.26 bits per heavy atom. The fourth-order valence-electron chi connectivity index (χ4n) is 1.97. The van der Waals surface area contributed by atoms with E-state index in [9.17, 15) is 13.2 Å². The van der Waals surface area contributed by atoms with Crippen LogP contribution in [0.15, 0.2) is 41.3 Å². The molecule has 122 valence electrons. The fourth-order valence-corrected chi connectivity index (χ4v) is 3.12. The van der Waals surface area contributed by atoms with Gasteiger partial charge in [-0.05, 0) is 59.3 Å². The summed E-state index contributed by atoms with van der Waals surface area (Å²) in [6, 6.07) is 9.41. The Balaban J connectivity index is 2.42. The molecule has 1 amide bonds. The van der Waals surface area contributed by atoms with Gasteiger partial charge >= 0.3 is 0 Å². The second-order valence-electron chi connectivity index (χ2n) is 4.80. The van der Waals surface area contributed by atoms with Gasteiger partial charge in [0.2, 0.25) is 10.0 Å². The van der Waals surface area contributed by atoms with Gasteiger partial charge < -0.3 is 10.1 Å². The highest BCUT2D eigenvalue weighted by atomic mass is 127. The molecule has 0 spiro atoms. The number of primary sulfonamides is 1. The molecule has 0 atom stereocenters. The molecule has 0 radical (unpaired) electrons. The molecule has 2 rings (SSSR count). The van der Waals surface area contributed by atoms with E-state index in [1.807, 2.05) is 13.0 Å². The Labute approximate surface area is 148 Å². The molecule has 0 aromatic heterocycles. The van der Waals surface area contributed by atoms with Crippen LogP contribution in [0.25, 0.3) is 0 Å². The minimum Gasteiger partial charge on any atom is -0.495 e. The molecule has 6 nitrogen and oxygen atoms in total. The molecular weight excluding hydrogens is 431 g/mol. The molecule has 0 unspecified atom stereocenters. The SMILES string of the molecule is COc1ccc(S(N)(=O)=O)cc1NC(=O)c1cccc(C)c1I. The lowest BCUT2D eigenvalue weighted by atomic mass is 10.1. The summed E-state index contributed by atoms with van der Waals surface area (Å²) in [5, 5.41) is 7.79. The summed E-state index contributed by atoms with van der Waals surface area (Å²) >= 11 is 2.09. The van der Waals surface area contributed by atoms with Gasteiger partial charge in [0.25, 0.3) is 5.91 Å². The van der Waals surface area contributed by atoms with E-state index >= 15 is 0 Å². The van der Waals surface area contributed by atoms with Crippen molar-refractivity contribution in [1.82, 2.24) is 0 Å². The molecule has 0 fully saturated rings. The minimum atomic E-state index is -3.87. The number of hydrogen-bond donors (Lipinski definition) is 2. The minimum absolute atomic E-state index is 0.104. The number of hydrogen-bond acceptors (Lipinski definition) is 4. The summed E-state index contributed by atoms with van der Waals surface area (Å²) in [5.41, 5.74) is 1.71. The highest BCUT2D eigenvalue weighted by Gasteiger charge is 2.16. The molecule has 0 aliphatic carbocycles. The first-order valence-corrected chi connectivity index (χ1v) is 9.14. The van der Waals surface area contributed by atoms with Gasteiger partial charge in [0.1, 0.15) is 5.75 Å². The number of benzene rings is 2. The Kier molecular flexibility index (Phi) is 5.27. The zero-order chi connectivity index (χ0) is 17.2. The van der Waals surface area contributed by atoms with Crippen molar-refractivity contribution in [2.45, 2.75) is 11.8 Å². The Hall–Kier alpha value is -1.65. The van der Waals surface area contributed by atoms with E-state index in [4.69, 9.17) is 9.88 Å². The van der Waals surface area contributed by atoms with Crippen LogP contribution in [0.3, 0.4) is 0 Å². The van der Waals surface area contributed by atoms with Crippen LogP contribution in [-0.4, -0.2) is 21.4 Å². The zero-order valence-corrected chi connectivity index (χ0v) is 15.4. The van der Waals surface area contributed by atoms with Gasteiger partial charge in [0, 0.05) is 3.57 Å². The summed E-state index contributed by atoms with van der Waals surface area (Å²) in [4.78, 5) is 12.4. The van der Waals surface area contributed by atoms with Gasteiger partial charge in [-0.2, -0.15) is 0 Å². The molecule has 0 aliphatic rings. The van der Waals surface area contributed by atoms with Crippen LogP contribution < -0.4 is 15.2 Å². The Morgan fingerprint density at radius 2 is 1.96 bits per heavy atom. The van der Waals surface area contributed by atoms with Crippen molar-refractivity contribution >= 4 is 44.2 Å². The molecule has 3 N–H and O–H groups in total. The number of carbonyl (C=O) groups excluding carboxylic acids is 1. The van der Waals surface area contributed by atoms with E-state index in [0.717, 1.165) is 9.13 Å². The maximum absolute atomic E-state index is 12.5. The molecule has 0 bridgehead atoms. The van der Waals surface area contributed by atoms with Gasteiger partial charge in [0.15, 0.2) is 0 Å². The predicted octanol–water partition coefficient (Wildman–Crippen LogP) is 2.51. The smallest absolute Gasteiger partial charge is 0.256 e. The number of halogens is 1. The molecule has 8 heteroatoms. The highest BCUT2D eigenvalue weighted by Crippen LogP contribution is 2.28. The van der Waals surface area contributed by atoms with Gasteiger partial charge in [-0.3, -0.25) is 4.79 Å². The first-order valence-electron chi connectivity index (χ1n) is 6.51. The standard InChI is InChI=1S/C15H15IN2O4S/c1-9-4-3-5-11(14(9)16)15(19)18-12-8-10(23(17,20)21)6-7-13(12)22-2/h3-8H,1-2H3,(H,18,19)(H2,17,20,21). The maximum atomic E-state index is 12.5. The normalized spacial score (nSPS) is 11.1. The molecular formula is C15H15IN2O4S. The molecule has 0 saturated heterocycles. The number of aryl methyl sites for hydroxylation is 1. The van der Waals surface area contributed by atoms with E-state index in [0.29, 0.717) is 11.3 Å². The van der Waals surface area contributed by atoms with Crippen LogP contribution in [0, 0.1) is 10.5 Å². The lowest BCUT2D eigenvalue weighted by Crippen LogP contribution is -2.16. The van der Waals surface area contributed by atoms with Crippen LogP contribution in [0.1, 0.15) is 15.9 Å². The first-order chi connectivity index (χ1) is 10.7. The van der Waals surface area contributed by atoms with E-state index < -0.39 is 10.0 Å². The third-order valence-electron chi connectivity index (χ3n) is 3.18. The summed E-state index contributed by atoms with van der Waals surface area (Å²) in [7, 11) is -2.45. The number of ether oxygens (including phenoxy) is 1. The van der Waals surface area contributed by atoms with Crippen LogP contribution in [0.4, 0.5) is 5.69 Å². The molecule has 2 aromatic carbocycles. The van der Waals surface area contributed by atoms with Crippen LogP contribution >= 0.6 is 22.6 Å². The number of carbonyl (C=O) groups is 1. The number of nitrogens with two attached hydrogens (primary N) is 1. The van der Waals surface area contributed by atoms with Crippen LogP contribution in [0.5, 0.6) is 5.75 Å². The Morgan fingerprint density at radius 3 is 2.57 bits per heavy atom.